The SMILES string of the molecule is Cc1cc(F)ccc1NC(=O)Cn1cnc2sc(C)c(C)c2c1=O. The van der Waals surface area contributed by atoms with Crippen molar-refractivity contribution in [3.8, 4) is 0 Å². The van der Waals surface area contributed by atoms with E-state index in [-0.39, 0.29) is 23.8 Å². The third-order valence-electron chi connectivity index (χ3n) is 3.93. The lowest BCUT2D eigenvalue weighted by atomic mass is 10.2. The fraction of sp³-hybridized carbons (Fsp3) is 0.235. The zero-order valence-electron chi connectivity index (χ0n) is 13.5. The average molecular weight is 345 g/mol. The molecule has 0 saturated heterocycles. The Morgan fingerprint density at radius 2 is 2.08 bits per heavy atom. The molecule has 1 aromatic carbocycles. The number of nitrogens with zero attached hydrogens (tertiary/aromatic N) is 2. The molecule has 2 heterocycles. The maximum Gasteiger partial charge on any atom is 0.262 e. The number of aromatic nitrogens is 2. The minimum absolute atomic E-state index is 0.146. The molecule has 2 aromatic heterocycles. The third-order valence-corrected chi connectivity index (χ3v) is 5.05. The molecule has 0 aliphatic heterocycles. The zero-order chi connectivity index (χ0) is 17.4. The van der Waals surface area contributed by atoms with Gasteiger partial charge in [0.15, 0.2) is 0 Å². The molecule has 1 amide bonds. The standard InChI is InChI=1S/C17H16FN3O2S/c1-9-6-12(18)4-5-13(9)20-14(22)7-21-8-19-16-15(17(21)23)10(2)11(3)24-16/h4-6,8H,7H2,1-3H3,(H,20,22). The van der Waals surface area contributed by atoms with Crippen LogP contribution in [-0.4, -0.2) is 15.5 Å². The number of rotatable bonds is 3. The van der Waals surface area contributed by atoms with Gasteiger partial charge in [0.1, 0.15) is 17.2 Å². The van der Waals surface area contributed by atoms with Crippen LogP contribution < -0.4 is 10.9 Å². The number of anilines is 1. The van der Waals surface area contributed by atoms with Crippen LogP contribution in [0.2, 0.25) is 0 Å². The number of amides is 1. The van der Waals surface area contributed by atoms with Gasteiger partial charge in [0.2, 0.25) is 5.91 Å². The van der Waals surface area contributed by atoms with E-state index in [1.165, 1.54) is 40.4 Å². The number of carbonyl (C=O) groups is 1. The van der Waals surface area contributed by atoms with Crippen molar-refractivity contribution in [2.45, 2.75) is 27.3 Å². The molecule has 0 atom stereocenters. The molecule has 5 nitrogen and oxygen atoms in total. The Bertz CT molecular complexity index is 1010. The van der Waals surface area contributed by atoms with Gasteiger partial charge >= 0.3 is 0 Å². The molecule has 3 rings (SSSR count). The maximum absolute atomic E-state index is 13.1. The number of hydrogen-bond acceptors (Lipinski definition) is 4. The second-order valence-corrected chi connectivity index (χ2v) is 6.85. The number of hydrogen-bond donors (Lipinski definition) is 1. The molecule has 0 unspecified atom stereocenters. The molecular formula is C17H16FN3O2S. The van der Waals surface area contributed by atoms with Gasteiger partial charge < -0.3 is 5.32 Å². The summed E-state index contributed by atoms with van der Waals surface area (Å²) in [6.07, 6.45) is 1.39. The summed E-state index contributed by atoms with van der Waals surface area (Å²) >= 11 is 1.47. The Balaban J connectivity index is 1.87. The fourth-order valence-electron chi connectivity index (χ4n) is 2.49. The van der Waals surface area contributed by atoms with E-state index in [4.69, 9.17) is 0 Å². The molecule has 0 radical (unpaired) electrons. The number of halogens is 1. The van der Waals surface area contributed by atoms with E-state index < -0.39 is 0 Å². The normalized spacial score (nSPS) is 11.0. The fourth-order valence-corrected chi connectivity index (χ4v) is 3.48. The molecular weight excluding hydrogens is 329 g/mol. The Labute approximate surface area is 141 Å². The van der Waals surface area contributed by atoms with Gasteiger partial charge in [-0.25, -0.2) is 9.37 Å². The molecule has 0 saturated carbocycles. The lowest BCUT2D eigenvalue weighted by Crippen LogP contribution is -2.28. The quantitative estimate of drug-likeness (QED) is 0.793. The van der Waals surface area contributed by atoms with E-state index in [1.54, 1.807) is 6.92 Å². The van der Waals surface area contributed by atoms with Crippen molar-refractivity contribution in [1.29, 1.82) is 0 Å². The lowest BCUT2D eigenvalue weighted by Gasteiger charge is -2.09. The van der Waals surface area contributed by atoms with Crippen molar-refractivity contribution in [3.63, 3.8) is 0 Å². The Kier molecular flexibility index (Phi) is 4.19. The molecule has 7 heteroatoms. The highest BCUT2D eigenvalue weighted by Gasteiger charge is 2.14. The van der Waals surface area contributed by atoms with Crippen LogP contribution in [0, 0.1) is 26.6 Å². The predicted molar refractivity (Wildman–Crippen MR) is 93.1 cm³/mol. The highest BCUT2D eigenvalue weighted by molar-refractivity contribution is 7.18. The first-order valence-electron chi connectivity index (χ1n) is 7.38. The molecule has 124 valence electrons. The molecule has 0 fully saturated rings. The van der Waals surface area contributed by atoms with E-state index in [9.17, 15) is 14.0 Å². The van der Waals surface area contributed by atoms with Crippen LogP contribution >= 0.6 is 11.3 Å². The molecule has 3 aromatic rings. The van der Waals surface area contributed by atoms with Gasteiger partial charge in [-0.3, -0.25) is 14.2 Å². The van der Waals surface area contributed by atoms with Gasteiger partial charge in [-0.2, -0.15) is 0 Å². The molecule has 1 N–H and O–H groups in total. The second-order valence-electron chi connectivity index (χ2n) is 5.65. The molecule has 0 spiro atoms. The smallest absolute Gasteiger partial charge is 0.262 e. The highest BCUT2D eigenvalue weighted by Crippen LogP contribution is 2.25. The Morgan fingerprint density at radius 1 is 1.33 bits per heavy atom. The molecule has 0 aliphatic carbocycles. The molecule has 24 heavy (non-hydrogen) atoms. The van der Waals surface area contributed by atoms with Gasteiger partial charge in [0.05, 0.1) is 11.7 Å². The summed E-state index contributed by atoms with van der Waals surface area (Å²) in [5.41, 5.74) is 1.81. The van der Waals surface area contributed by atoms with Gasteiger partial charge in [-0.1, -0.05) is 0 Å². The van der Waals surface area contributed by atoms with Gasteiger partial charge in [-0.15, -0.1) is 11.3 Å². The Hall–Kier alpha value is -2.54. The topological polar surface area (TPSA) is 64.0 Å². The van der Waals surface area contributed by atoms with Crippen LogP contribution in [0.15, 0.2) is 29.3 Å². The number of nitrogens with one attached hydrogen (secondary N) is 1. The third kappa shape index (κ3) is 2.94. The van der Waals surface area contributed by atoms with Crippen LogP contribution in [-0.2, 0) is 11.3 Å². The summed E-state index contributed by atoms with van der Waals surface area (Å²) in [6, 6.07) is 4.12. The van der Waals surface area contributed by atoms with E-state index >= 15 is 0 Å². The number of aryl methyl sites for hydroxylation is 3. The predicted octanol–water partition coefficient (Wildman–Crippen LogP) is 3.16. The largest absolute Gasteiger partial charge is 0.324 e. The zero-order valence-corrected chi connectivity index (χ0v) is 14.3. The minimum Gasteiger partial charge on any atom is -0.324 e. The molecule has 0 aliphatic rings. The first-order valence-corrected chi connectivity index (χ1v) is 8.19. The first kappa shape index (κ1) is 16.3. The van der Waals surface area contributed by atoms with E-state index in [0.717, 1.165) is 10.4 Å². The summed E-state index contributed by atoms with van der Waals surface area (Å²) in [5, 5.41) is 3.25. The van der Waals surface area contributed by atoms with Gasteiger partial charge in [0, 0.05) is 10.6 Å². The van der Waals surface area contributed by atoms with E-state index in [2.05, 4.69) is 10.3 Å². The van der Waals surface area contributed by atoms with Crippen LogP contribution in [0.3, 0.4) is 0 Å². The van der Waals surface area contributed by atoms with Crippen molar-refractivity contribution < 1.29 is 9.18 Å². The van der Waals surface area contributed by atoms with E-state index in [0.29, 0.717) is 21.5 Å². The van der Waals surface area contributed by atoms with Crippen LogP contribution in [0.4, 0.5) is 10.1 Å². The maximum atomic E-state index is 13.1. The van der Waals surface area contributed by atoms with Crippen LogP contribution in [0.25, 0.3) is 10.2 Å². The number of fused-ring (bicyclic) bond motifs is 1. The molecule has 0 bridgehead atoms. The van der Waals surface area contributed by atoms with Crippen molar-refractivity contribution in [1.82, 2.24) is 9.55 Å². The average Bonchev–Trinajstić information content (AvgIpc) is 2.81. The van der Waals surface area contributed by atoms with Crippen LogP contribution in [0.5, 0.6) is 0 Å². The van der Waals surface area contributed by atoms with Crippen molar-refractivity contribution in [2.24, 2.45) is 0 Å². The van der Waals surface area contributed by atoms with Crippen LogP contribution in [0.1, 0.15) is 16.0 Å². The van der Waals surface area contributed by atoms with Crippen molar-refractivity contribution in [3.05, 3.63) is 56.7 Å². The summed E-state index contributed by atoms with van der Waals surface area (Å²) in [4.78, 5) is 30.8. The number of carbonyl (C=O) groups excluding carboxylic acids is 1. The number of benzene rings is 1. The summed E-state index contributed by atoms with van der Waals surface area (Å²) in [6.45, 7) is 5.38. The summed E-state index contributed by atoms with van der Waals surface area (Å²) in [7, 11) is 0. The van der Waals surface area contributed by atoms with Crippen molar-refractivity contribution in [2.75, 3.05) is 5.32 Å². The lowest BCUT2D eigenvalue weighted by molar-refractivity contribution is -0.116. The summed E-state index contributed by atoms with van der Waals surface area (Å²) < 4.78 is 14.4. The first-order chi connectivity index (χ1) is 11.4. The van der Waals surface area contributed by atoms with Gasteiger partial charge in [0.25, 0.3) is 5.56 Å². The summed E-state index contributed by atoms with van der Waals surface area (Å²) in [5.74, 6) is -0.725. The second kappa shape index (κ2) is 6.16. The minimum atomic E-state index is -0.363. The monoisotopic (exact) mass is 345 g/mol. The number of thiophene rings is 1. The highest BCUT2D eigenvalue weighted by atomic mass is 32.1. The van der Waals surface area contributed by atoms with Crippen molar-refractivity contribution >= 4 is 33.1 Å². The van der Waals surface area contributed by atoms with Gasteiger partial charge in [-0.05, 0) is 50.1 Å². The van der Waals surface area contributed by atoms with E-state index in [1.807, 2.05) is 13.8 Å². The Morgan fingerprint density at radius 3 is 2.79 bits per heavy atom.